The van der Waals surface area contributed by atoms with E-state index in [0.29, 0.717) is 10.8 Å². The molecule has 0 saturated heterocycles. The van der Waals surface area contributed by atoms with Crippen LogP contribution in [-0.2, 0) is 0 Å². The van der Waals surface area contributed by atoms with Crippen molar-refractivity contribution in [1.29, 1.82) is 5.26 Å². The molecule has 0 unspecified atom stereocenters. The molecule has 90 valence electrons. The molecule has 1 aromatic carbocycles. The van der Waals surface area contributed by atoms with Crippen molar-refractivity contribution >= 4 is 11.6 Å². The van der Waals surface area contributed by atoms with Gasteiger partial charge in [-0.25, -0.2) is 4.98 Å². The normalized spacial score (nSPS) is 9.89. The molecule has 0 N–H and O–H groups in total. The average Bonchev–Trinajstić information content (AvgIpc) is 2.36. The Hall–Kier alpha value is -2.12. The van der Waals surface area contributed by atoms with Crippen molar-refractivity contribution in [1.82, 2.24) is 9.97 Å². The summed E-state index contributed by atoms with van der Waals surface area (Å²) >= 11 is 6.07. The lowest BCUT2D eigenvalue weighted by Crippen LogP contribution is -1.94. The molecule has 2 rings (SSSR count). The number of hydrogen-bond acceptors (Lipinski definition) is 4. The van der Waals surface area contributed by atoms with E-state index in [2.05, 4.69) is 9.97 Å². The summed E-state index contributed by atoms with van der Waals surface area (Å²) in [5.74, 6) is 0.601. The first kappa shape index (κ1) is 12.3. The number of aryl methyl sites for hydroxylation is 2. The predicted molar refractivity (Wildman–Crippen MR) is 67.7 cm³/mol. The molecule has 0 fully saturated rings. The van der Waals surface area contributed by atoms with Gasteiger partial charge in [-0.05, 0) is 43.2 Å². The van der Waals surface area contributed by atoms with Crippen LogP contribution in [-0.4, -0.2) is 9.97 Å². The zero-order valence-electron chi connectivity index (χ0n) is 9.94. The summed E-state index contributed by atoms with van der Waals surface area (Å²) in [5.41, 5.74) is 2.11. The molecule has 0 radical (unpaired) electrons. The minimum absolute atomic E-state index is 0.148. The van der Waals surface area contributed by atoms with Gasteiger partial charge in [0.15, 0.2) is 0 Å². The van der Waals surface area contributed by atoms with Gasteiger partial charge in [-0.1, -0.05) is 11.6 Å². The Morgan fingerprint density at radius 3 is 2.56 bits per heavy atom. The van der Waals surface area contributed by atoms with Crippen molar-refractivity contribution in [3.8, 4) is 17.8 Å². The molecule has 1 aromatic heterocycles. The van der Waals surface area contributed by atoms with Gasteiger partial charge in [0.05, 0.1) is 0 Å². The minimum Gasteiger partial charge on any atom is -0.424 e. The SMILES string of the molecule is Cc1cc(Oc2nccc(C#N)n2)cc(C)c1Cl. The highest BCUT2D eigenvalue weighted by Gasteiger charge is 2.06. The number of rotatable bonds is 2. The van der Waals surface area contributed by atoms with Crippen molar-refractivity contribution in [2.45, 2.75) is 13.8 Å². The van der Waals surface area contributed by atoms with Gasteiger partial charge >= 0.3 is 6.01 Å². The van der Waals surface area contributed by atoms with Gasteiger partial charge < -0.3 is 4.74 Å². The van der Waals surface area contributed by atoms with E-state index in [1.807, 2.05) is 19.9 Å². The molecule has 2 aromatic rings. The summed E-state index contributed by atoms with van der Waals surface area (Å²) in [4.78, 5) is 7.89. The topological polar surface area (TPSA) is 58.8 Å². The van der Waals surface area contributed by atoms with E-state index in [0.717, 1.165) is 11.1 Å². The van der Waals surface area contributed by atoms with E-state index in [9.17, 15) is 0 Å². The van der Waals surface area contributed by atoms with E-state index in [1.54, 1.807) is 12.1 Å². The van der Waals surface area contributed by atoms with Crippen LogP contribution in [0.3, 0.4) is 0 Å². The van der Waals surface area contributed by atoms with E-state index < -0.39 is 0 Å². The highest BCUT2D eigenvalue weighted by atomic mass is 35.5. The van der Waals surface area contributed by atoms with Crippen LogP contribution in [0.5, 0.6) is 11.8 Å². The first-order chi connectivity index (χ1) is 8.60. The first-order valence-electron chi connectivity index (χ1n) is 5.28. The molecule has 5 heteroatoms. The molecule has 0 bridgehead atoms. The Morgan fingerprint density at radius 1 is 1.28 bits per heavy atom. The highest BCUT2D eigenvalue weighted by molar-refractivity contribution is 6.32. The standard InChI is InChI=1S/C13H10ClN3O/c1-8-5-11(6-9(2)12(8)14)18-13-16-4-3-10(7-15)17-13/h3-6H,1-2H3. The molecule has 0 amide bonds. The monoisotopic (exact) mass is 259 g/mol. The maximum atomic E-state index is 8.74. The molecule has 1 heterocycles. The average molecular weight is 260 g/mol. The second kappa shape index (κ2) is 5.03. The van der Waals surface area contributed by atoms with Crippen LogP contribution in [0.15, 0.2) is 24.4 Å². The Balaban J connectivity index is 2.32. The second-order valence-electron chi connectivity index (χ2n) is 3.81. The lowest BCUT2D eigenvalue weighted by atomic mass is 10.1. The van der Waals surface area contributed by atoms with Gasteiger partial charge in [-0.15, -0.1) is 0 Å². The fraction of sp³-hybridized carbons (Fsp3) is 0.154. The predicted octanol–water partition coefficient (Wildman–Crippen LogP) is 3.41. The second-order valence-corrected chi connectivity index (χ2v) is 4.19. The maximum absolute atomic E-state index is 8.74. The molecular weight excluding hydrogens is 250 g/mol. The third kappa shape index (κ3) is 2.58. The van der Waals surface area contributed by atoms with Gasteiger partial charge in [-0.3, -0.25) is 0 Å². The van der Waals surface area contributed by atoms with Crippen molar-refractivity contribution in [3.63, 3.8) is 0 Å². The van der Waals surface area contributed by atoms with Crippen LogP contribution in [0.25, 0.3) is 0 Å². The Kier molecular flexibility index (Phi) is 3.45. The molecule has 4 nitrogen and oxygen atoms in total. The van der Waals surface area contributed by atoms with Crippen LogP contribution in [0, 0.1) is 25.2 Å². The van der Waals surface area contributed by atoms with E-state index >= 15 is 0 Å². The van der Waals surface area contributed by atoms with Crippen LogP contribution in [0.2, 0.25) is 5.02 Å². The fourth-order valence-corrected chi connectivity index (χ4v) is 1.63. The Labute approximate surface area is 110 Å². The molecule has 0 aliphatic carbocycles. The van der Waals surface area contributed by atoms with Gasteiger partial charge in [0.2, 0.25) is 0 Å². The highest BCUT2D eigenvalue weighted by Crippen LogP contribution is 2.27. The molecule has 0 spiro atoms. The zero-order valence-corrected chi connectivity index (χ0v) is 10.7. The molecular formula is C13H10ClN3O. The van der Waals surface area contributed by atoms with Gasteiger partial charge in [0.25, 0.3) is 0 Å². The minimum atomic E-state index is 0.148. The smallest absolute Gasteiger partial charge is 0.323 e. The summed E-state index contributed by atoms with van der Waals surface area (Å²) in [6.07, 6.45) is 1.48. The number of benzene rings is 1. The van der Waals surface area contributed by atoms with Crippen molar-refractivity contribution < 1.29 is 4.74 Å². The molecule has 0 aliphatic heterocycles. The van der Waals surface area contributed by atoms with Crippen molar-refractivity contribution in [2.24, 2.45) is 0 Å². The van der Waals surface area contributed by atoms with Crippen molar-refractivity contribution in [2.75, 3.05) is 0 Å². The van der Waals surface area contributed by atoms with Gasteiger partial charge in [0, 0.05) is 11.2 Å². The summed E-state index contributed by atoms with van der Waals surface area (Å²) in [6.45, 7) is 3.80. The van der Waals surface area contributed by atoms with Gasteiger partial charge in [0.1, 0.15) is 17.5 Å². The summed E-state index contributed by atoms with van der Waals surface area (Å²) in [6, 6.07) is 7.21. The number of halogens is 1. The van der Waals surface area contributed by atoms with Crippen LogP contribution >= 0.6 is 11.6 Å². The van der Waals surface area contributed by atoms with E-state index in [4.69, 9.17) is 21.6 Å². The number of nitrogens with zero attached hydrogens (tertiary/aromatic N) is 3. The van der Waals surface area contributed by atoms with Gasteiger partial charge in [-0.2, -0.15) is 10.2 Å². The first-order valence-corrected chi connectivity index (χ1v) is 5.65. The molecule has 0 aliphatic rings. The third-order valence-corrected chi connectivity index (χ3v) is 2.96. The summed E-state index contributed by atoms with van der Waals surface area (Å²) in [5, 5.41) is 9.46. The number of nitriles is 1. The number of hydrogen-bond donors (Lipinski definition) is 0. The van der Waals surface area contributed by atoms with E-state index in [1.165, 1.54) is 12.3 Å². The summed E-state index contributed by atoms with van der Waals surface area (Å²) in [7, 11) is 0. The third-order valence-electron chi connectivity index (χ3n) is 2.37. The Bertz CT molecular complexity index is 611. The van der Waals surface area contributed by atoms with Crippen LogP contribution in [0.4, 0.5) is 0 Å². The largest absolute Gasteiger partial charge is 0.424 e. The molecule has 0 saturated carbocycles. The lowest BCUT2D eigenvalue weighted by Gasteiger charge is -2.08. The summed E-state index contributed by atoms with van der Waals surface area (Å²) < 4.78 is 5.51. The quantitative estimate of drug-likeness (QED) is 0.829. The maximum Gasteiger partial charge on any atom is 0.323 e. The van der Waals surface area contributed by atoms with Crippen LogP contribution < -0.4 is 4.74 Å². The lowest BCUT2D eigenvalue weighted by molar-refractivity contribution is 0.440. The van der Waals surface area contributed by atoms with Crippen molar-refractivity contribution in [3.05, 3.63) is 46.2 Å². The Morgan fingerprint density at radius 2 is 1.94 bits per heavy atom. The number of aromatic nitrogens is 2. The molecule has 0 atom stereocenters. The van der Waals surface area contributed by atoms with E-state index in [-0.39, 0.29) is 11.7 Å². The van der Waals surface area contributed by atoms with Crippen LogP contribution in [0.1, 0.15) is 16.8 Å². The zero-order chi connectivity index (χ0) is 13.1. The number of ether oxygens (including phenoxy) is 1. The fourth-order valence-electron chi connectivity index (χ4n) is 1.52. The molecule has 18 heavy (non-hydrogen) atoms.